The van der Waals surface area contributed by atoms with E-state index >= 15 is 0 Å². The van der Waals surface area contributed by atoms with Gasteiger partial charge in [-0.25, -0.2) is 4.90 Å². The highest BCUT2D eigenvalue weighted by atomic mass is 79.9. The molecular weight excluding hydrogens is 354 g/mol. The second-order valence-electron chi connectivity index (χ2n) is 4.83. The molecule has 0 bridgehead atoms. The van der Waals surface area contributed by atoms with E-state index in [9.17, 15) is 9.59 Å². The Morgan fingerprint density at radius 2 is 1.81 bits per heavy atom. The molecule has 0 aromatic heterocycles. The molecule has 0 spiro atoms. The number of nitrogens with zero attached hydrogens (tertiary/aromatic N) is 1. The molecule has 2 amide bonds. The van der Waals surface area contributed by atoms with E-state index in [4.69, 9.17) is 11.6 Å². The van der Waals surface area contributed by atoms with E-state index in [-0.39, 0.29) is 18.2 Å². The first-order valence-corrected chi connectivity index (χ1v) is 7.62. The van der Waals surface area contributed by atoms with Crippen molar-refractivity contribution in [2.45, 2.75) is 12.3 Å². The number of hydrogen-bond acceptors (Lipinski definition) is 2. The molecule has 1 fully saturated rings. The number of benzene rings is 2. The zero-order valence-corrected chi connectivity index (χ0v) is 13.3. The van der Waals surface area contributed by atoms with Crippen LogP contribution in [-0.4, -0.2) is 11.8 Å². The van der Waals surface area contributed by atoms with Gasteiger partial charge in [-0.2, -0.15) is 0 Å². The lowest BCUT2D eigenvalue weighted by Gasteiger charge is -2.17. The van der Waals surface area contributed by atoms with Gasteiger partial charge in [-0.15, -0.1) is 0 Å². The Morgan fingerprint density at radius 1 is 1.10 bits per heavy atom. The topological polar surface area (TPSA) is 37.4 Å². The van der Waals surface area contributed by atoms with Crippen molar-refractivity contribution in [1.29, 1.82) is 0 Å². The molecule has 2 aromatic carbocycles. The van der Waals surface area contributed by atoms with Crippen LogP contribution in [-0.2, 0) is 9.59 Å². The molecule has 0 aliphatic carbocycles. The van der Waals surface area contributed by atoms with Crippen molar-refractivity contribution in [2.75, 3.05) is 4.90 Å². The molecule has 1 unspecified atom stereocenters. The third-order valence-corrected chi connectivity index (χ3v) is 4.31. The molecule has 0 saturated carbocycles. The number of anilines is 1. The molecule has 1 saturated heterocycles. The van der Waals surface area contributed by atoms with E-state index in [0.29, 0.717) is 10.7 Å². The number of imide groups is 1. The van der Waals surface area contributed by atoms with Gasteiger partial charge in [0.05, 0.1) is 16.6 Å². The van der Waals surface area contributed by atoms with Crippen molar-refractivity contribution < 1.29 is 9.59 Å². The summed E-state index contributed by atoms with van der Waals surface area (Å²) in [6.45, 7) is 0. The van der Waals surface area contributed by atoms with Crippen molar-refractivity contribution in [1.82, 2.24) is 0 Å². The standard InChI is InChI=1S/C16H11BrClNO2/c17-11-6-7-13(18)14(8-11)19-15(20)9-12(16(19)21)10-4-2-1-3-5-10/h1-8,12H,9H2. The number of hydrogen-bond donors (Lipinski definition) is 0. The van der Waals surface area contributed by atoms with Crippen LogP contribution in [0.25, 0.3) is 0 Å². The number of halogens is 2. The average Bonchev–Trinajstić information content (AvgIpc) is 2.78. The van der Waals surface area contributed by atoms with Gasteiger partial charge < -0.3 is 0 Å². The second kappa shape index (κ2) is 5.62. The Labute approximate surface area is 135 Å². The number of carbonyl (C=O) groups is 2. The molecular formula is C16H11BrClNO2. The monoisotopic (exact) mass is 363 g/mol. The predicted molar refractivity (Wildman–Crippen MR) is 85.4 cm³/mol. The minimum atomic E-state index is -0.436. The van der Waals surface area contributed by atoms with Crippen LogP contribution in [0.15, 0.2) is 53.0 Å². The minimum Gasteiger partial charge on any atom is -0.274 e. The molecule has 2 aromatic rings. The predicted octanol–water partition coefficient (Wildman–Crippen LogP) is 4.15. The molecule has 0 radical (unpaired) electrons. The summed E-state index contributed by atoms with van der Waals surface area (Å²) < 4.78 is 0.769. The quantitative estimate of drug-likeness (QED) is 0.751. The van der Waals surface area contributed by atoms with E-state index in [1.165, 1.54) is 4.90 Å². The van der Waals surface area contributed by atoms with Crippen LogP contribution in [0.4, 0.5) is 5.69 Å². The third kappa shape index (κ3) is 2.61. The normalized spacial score (nSPS) is 18.4. The molecule has 21 heavy (non-hydrogen) atoms. The zero-order valence-electron chi connectivity index (χ0n) is 10.9. The highest BCUT2D eigenvalue weighted by Gasteiger charge is 2.41. The van der Waals surface area contributed by atoms with Gasteiger partial charge in [0, 0.05) is 10.9 Å². The zero-order chi connectivity index (χ0) is 15.0. The number of rotatable bonds is 2. The maximum Gasteiger partial charge on any atom is 0.241 e. The molecule has 3 nitrogen and oxygen atoms in total. The number of amides is 2. The van der Waals surface area contributed by atoms with Crippen LogP contribution in [0.5, 0.6) is 0 Å². The summed E-state index contributed by atoms with van der Waals surface area (Å²) >= 11 is 9.47. The fourth-order valence-corrected chi connectivity index (χ4v) is 3.04. The van der Waals surface area contributed by atoms with Crippen LogP contribution >= 0.6 is 27.5 Å². The summed E-state index contributed by atoms with van der Waals surface area (Å²) in [7, 11) is 0. The van der Waals surface area contributed by atoms with E-state index < -0.39 is 5.92 Å². The van der Waals surface area contributed by atoms with E-state index in [0.717, 1.165) is 10.0 Å². The lowest BCUT2D eigenvalue weighted by molar-refractivity contribution is -0.121. The van der Waals surface area contributed by atoms with Gasteiger partial charge >= 0.3 is 0 Å². The molecule has 0 N–H and O–H groups in total. The van der Waals surface area contributed by atoms with Gasteiger partial charge in [0.2, 0.25) is 11.8 Å². The largest absolute Gasteiger partial charge is 0.274 e. The van der Waals surface area contributed by atoms with Gasteiger partial charge in [-0.3, -0.25) is 9.59 Å². The Balaban J connectivity index is 2.00. The molecule has 1 heterocycles. The van der Waals surface area contributed by atoms with Crippen molar-refractivity contribution in [3.8, 4) is 0 Å². The Hall–Kier alpha value is -1.65. The summed E-state index contributed by atoms with van der Waals surface area (Å²) in [5.41, 5.74) is 1.28. The number of carbonyl (C=O) groups excluding carboxylic acids is 2. The van der Waals surface area contributed by atoms with Crippen LogP contribution in [0, 0.1) is 0 Å². The van der Waals surface area contributed by atoms with Gasteiger partial charge in [-0.1, -0.05) is 57.9 Å². The van der Waals surface area contributed by atoms with Crippen LogP contribution in [0.1, 0.15) is 17.9 Å². The van der Waals surface area contributed by atoms with E-state index in [1.54, 1.807) is 18.2 Å². The van der Waals surface area contributed by atoms with Gasteiger partial charge in [-0.05, 0) is 23.8 Å². The maximum atomic E-state index is 12.6. The smallest absolute Gasteiger partial charge is 0.241 e. The van der Waals surface area contributed by atoms with Crippen molar-refractivity contribution in [2.24, 2.45) is 0 Å². The lowest BCUT2D eigenvalue weighted by Crippen LogP contribution is -2.30. The summed E-state index contributed by atoms with van der Waals surface area (Å²) in [4.78, 5) is 26.1. The first kappa shape index (κ1) is 14.3. The maximum absolute atomic E-state index is 12.6. The Morgan fingerprint density at radius 3 is 2.52 bits per heavy atom. The molecule has 1 aliphatic heterocycles. The van der Waals surface area contributed by atoms with Gasteiger partial charge in [0.25, 0.3) is 0 Å². The Bertz CT molecular complexity index is 717. The molecule has 106 valence electrons. The van der Waals surface area contributed by atoms with Crippen molar-refractivity contribution in [3.05, 3.63) is 63.6 Å². The Kier molecular flexibility index (Phi) is 3.83. The summed E-state index contributed by atoms with van der Waals surface area (Å²) in [5.74, 6) is -0.895. The summed E-state index contributed by atoms with van der Waals surface area (Å²) in [6, 6.07) is 14.5. The summed E-state index contributed by atoms with van der Waals surface area (Å²) in [5, 5.41) is 0.383. The van der Waals surface area contributed by atoms with Gasteiger partial charge in [0.1, 0.15) is 0 Å². The second-order valence-corrected chi connectivity index (χ2v) is 6.15. The van der Waals surface area contributed by atoms with Crippen molar-refractivity contribution in [3.63, 3.8) is 0 Å². The molecule has 1 atom stereocenters. The molecule has 5 heteroatoms. The SMILES string of the molecule is O=C1CC(c2ccccc2)C(=O)N1c1cc(Br)ccc1Cl. The average molecular weight is 365 g/mol. The highest BCUT2D eigenvalue weighted by molar-refractivity contribution is 9.10. The first-order chi connectivity index (χ1) is 10.1. The van der Waals surface area contributed by atoms with Crippen LogP contribution in [0.3, 0.4) is 0 Å². The minimum absolute atomic E-state index is 0.172. The summed E-state index contributed by atoms with van der Waals surface area (Å²) in [6.07, 6.45) is 0.172. The first-order valence-electron chi connectivity index (χ1n) is 6.44. The van der Waals surface area contributed by atoms with Gasteiger partial charge in [0.15, 0.2) is 0 Å². The molecule has 3 rings (SSSR count). The van der Waals surface area contributed by atoms with Crippen molar-refractivity contribution >= 4 is 45.0 Å². The fourth-order valence-electron chi connectivity index (χ4n) is 2.49. The fraction of sp³-hybridized carbons (Fsp3) is 0.125. The van der Waals surface area contributed by atoms with Crippen LogP contribution in [0.2, 0.25) is 5.02 Å². The molecule has 1 aliphatic rings. The third-order valence-electron chi connectivity index (χ3n) is 3.50. The highest BCUT2D eigenvalue weighted by Crippen LogP contribution is 2.37. The van der Waals surface area contributed by atoms with E-state index in [2.05, 4.69) is 15.9 Å². The van der Waals surface area contributed by atoms with E-state index in [1.807, 2.05) is 30.3 Å². The lowest BCUT2D eigenvalue weighted by atomic mass is 9.98. The van der Waals surface area contributed by atoms with Crippen LogP contribution < -0.4 is 4.90 Å².